The number of nitrogens with zero attached hydrogens (tertiary/aromatic N) is 3. The maximum Gasteiger partial charge on any atom is 0.145 e. The van der Waals surface area contributed by atoms with Gasteiger partial charge in [-0.2, -0.15) is 0 Å². The number of aldehydes is 1. The minimum absolute atomic E-state index is 0.337. The highest BCUT2D eigenvalue weighted by molar-refractivity contribution is 6.41. The number of hydrogen-bond donors (Lipinski definition) is 0. The molecule has 30 heavy (non-hydrogen) atoms. The van der Waals surface area contributed by atoms with Gasteiger partial charge in [0.25, 0.3) is 0 Å². The number of carbonyl (C=O) groups excluding carboxylic acids is 1. The largest absolute Gasteiger partial charge is 0.495 e. The third-order valence-corrected chi connectivity index (χ3v) is 5.75. The van der Waals surface area contributed by atoms with Crippen LogP contribution in [0.15, 0.2) is 30.6 Å². The van der Waals surface area contributed by atoms with Crippen LogP contribution in [0.1, 0.15) is 12.1 Å². The van der Waals surface area contributed by atoms with E-state index < -0.39 is 0 Å². The van der Waals surface area contributed by atoms with Crippen LogP contribution in [0.2, 0.25) is 15.2 Å². The van der Waals surface area contributed by atoms with Gasteiger partial charge in [-0.05, 0) is 12.5 Å². The Balaban J connectivity index is 2.11. The van der Waals surface area contributed by atoms with E-state index in [-0.39, 0.29) is 0 Å². The summed E-state index contributed by atoms with van der Waals surface area (Å²) in [6.45, 7) is 0. The fourth-order valence-electron chi connectivity index (χ4n) is 3.41. The number of aromatic nitrogens is 3. The number of rotatable bonds is 6. The molecule has 1 aromatic carbocycles. The SMILES string of the molecule is COc1cc(OC)c(Cl)c(-c2cc3cnc(Cl)cc3n3cc(CCC=O)nc23)c1Cl. The van der Waals surface area contributed by atoms with Crippen molar-refractivity contribution in [3.05, 3.63) is 51.5 Å². The third-order valence-electron chi connectivity index (χ3n) is 4.80. The van der Waals surface area contributed by atoms with E-state index in [0.29, 0.717) is 56.3 Å². The zero-order valence-electron chi connectivity index (χ0n) is 16.1. The molecule has 0 atom stereocenters. The van der Waals surface area contributed by atoms with E-state index in [1.165, 1.54) is 14.2 Å². The summed E-state index contributed by atoms with van der Waals surface area (Å²) in [4.78, 5) is 19.8. The van der Waals surface area contributed by atoms with E-state index in [1.54, 1.807) is 18.3 Å². The summed E-state index contributed by atoms with van der Waals surface area (Å²) in [5.74, 6) is 0.848. The van der Waals surface area contributed by atoms with Gasteiger partial charge in [-0.15, -0.1) is 0 Å². The van der Waals surface area contributed by atoms with E-state index in [4.69, 9.17) is 49.3 Å². The molecule has 0 fully saturated rings. The van der Waals surface area contributed by atoms with Crippen molar-refractivity contribution in [3.8, 4) is 22.6 Å². The molecule has 0 amide bonds. The molecule has 9 heteroatoms. The third kappa shape index (κ3) is 3.45. The molecule has 6 nitrogen and oxygen atoms in total. The first-order chi connectivity index (χ1) is 14.5. The molecule has 154 valence electrons. The molecule has 4 rings (SSSR count). The van der Waals surface area contributed by atoms with E-state index in [9.17, 15) is 4.79 Å². The molecule has 0 saturated carbocycles. The Labute approximate surface area is 187 Å². The van der Waals surface area contributed by atoms with Crippen molar-refractivity contribution in [2.75, 3.05) is 14.2 Å². The van der Waals surface area contributed by atoms with Crippen molar-refractivity contribution in [2.24, 2.45) is 0 Å². The van der Waals surface area contributed by atoms with Gasteiger partial charge in [-0.3, -0.25) is 4.40 Å². The van der Waals surface area contributed by atoms with Crippen molar-refractivity contribution in [3.63, 3.8) is 0 Å². The summed E-state index contributed by atoms with van der Waals surface area (Å²) in [6, 6.07) is 5.29. The summed E-state index contributed by atoms with van der Waals surface area (Å²) >= 11 is 19.4. The normalized spacial score (nSPS) is 11.2. The highest BCUT2D eigenvalue weighted by Gasteiger charge is 2.23. The molecule has 0 aliphatic heterocycles. The Bertz CT molecular complexity index is 1260. The molecule has 0 saturated heterocycles. The van der Waals surface area contributed by atoms with Gasteiger partial charge in [0.2, 0.25) is 0 Å². The summed E-state index contributed by atoms with van der Waals surface area (Å²) in [6.07, 6.45) is 5.29. The highest BCUT2D eigenvalue weighted by atomic mass is 35.5. The number of imidazole rings is 1. The molecule has 3 heterocycles. The van der Waals surface area contributed by atoms with Gasteiger partial charge in [-0.1, -0.05) is 34.8 Å². The van der Waals surface area contributed by atoms with E-state index in [2.05, 4.69) is 4.98 Å². The molecule has 0 unspecified atom stereocenters. The van der Waals surface area contributed by atoms with Gasteiger partial charge in [0.1, 0.15) is 28.6 Å². The quantitative estimate of drug-likeness (QED) is 0.272. The molecule has 0 N–H and O–H groups in total. The number of ether oxygens (including phenoxy) is 2. The number of benzene rings is 1. The molecule has 0 bridgehead atoms. The number of pyridine rings is 2. The molecule has 0 aliphatic carbocycles. The standard InChI is InChI=1S/C21H16Cl3N3O3/c1-29-15-8-16(30-2)20(24)18(19(15)23)13-6-11-9-25-17(22)7-14(11)27-10-12(4-3-5-28)26-21(13)27/h5-10H,3-4H2,1-2H3. The highest BCUT2D eigenvalue weighted by Crippen LogP contribution is 2.47. The predicted molar refractivity (Wildman–Crippen MR) is 118 cm³/mol. The lowest BCUT2D eigenvalue weighted by Crippen LogP contribution is -1.97. The lowest BCUT2D eigenvalue weighted by molar-refractivity contribution is -0.107. The Morgan fingerprint density at radius 3 is 2.40 bits per heavy atom. The van der Waals surface area contributed by atoms with E-state index in [1.807, 2.05) is 16.7 Å². The minimum Gasteiger partial charge on any atom is -0.495 e. The second-order valence-corrected chi connectivity index (χ2v) is 7.68. The molecule has 0 aliphatic rings. The number of hydrogen-bond acceptors (Lipinski definition) is 5. The van der Waals surface area contributed by atoms with E-state index >= 15 is 0 Å². The van der Waals surface area contributed by atoms with Crippen molar-refractivity contribution in [1.82, 2.24) is 14.4 Å². The number of aryl methyl sites for hydroxylation is 1. The monoisotopic (exact) mass is 463 g/mol. The Hall–Kier alpha value is -2.54. The molecule has 0 spiro atoms. The van der Waals surface area contributed by atoms with Crippen LogP contribution in [0.5, 0.6) is 11.5 Å². The molecular weight excluding hydrogens is 449 g/mol. The van der Waals surface area contributed by atoms with Crippen LogP contribution < -0.4 is 9.47 Å². The number of halogens is 3. The minimum atomic E-state index is 0.337. The van der Waals surface area contributed by atoms with Crippen LogP contribution in [0.4, 0.5) is 0 Å². The molecule has 0 radical (unpaired) electrons. The van der Waals surface area contributed by atoms with Crippen LogP contribution in [0.3, 0.4) is 0 Å². The lowest BCUT2D eigenvalue weighted by atomic mass is 10.0. The van der Waals surface area contributed by atoms with Gasteiger partial charge < -0.3 is 14.3 Å². The maximum absolute atomic E-state index is 10.8. The fraction of sp³-hybridized carbons (Fsp3) is 0.190. The van der Waals surface area contributed by atoms with Crippen LogP contribution in [-0.2, 0) is 11.2 Å². The smallest absolute Gasteiger partial charge is 0.145 e. The maximum atomic E-state index is 10.8. The second kappa shape index (κ2) is 8.30. The van der Waals surface area contributed by atoms with Gasteiger partial charge in [0.05, 0.1) is 35.5 Å². The second-order valence-electron chi connectivity index (χ2n) is 6.54. The van der Waals surface area contributed by atoms with Crippen LogP contribution in [0, 0.1) is 0 Å². The summed E-state index contributed by atoms with van der Waals surface area (Å²) in [5.41, 5.74) is 3.40. The van der Waals surface area contributed by atoms with Gasteiger partial charge in [0.15, 0.2) is 0 Å². The van der Waals surface area contributed by atoms with Crippen LogP contribution in [-0.4, -0.2) is 34.9 Å². The molecular formula is C21H16Cl3N3O3. The first kappa shape index (κ1) is 20.7. The summed E-state index contributed by atoms with van der Waals surface area (Å²) in [7, 11) is 3.04. The molecule has 3 aromatic heterocycles. The summed E-state index contributed by atoms with van der Waals surface area (Å²) in [5, 5.41) is 1.85. The zero-order valence-corrected chi connectivity index (χ0v) is 18.3. The van der Waals surface area contributed by atoms with Crippen LogP contribution in [0.25, 0.3) is 27.7 Å². The van der Waals surface area contributed by atoms with Crippen LogP contribution >= 0.6 is 34.8 Å². The summed E-state index contributed by atoms with van der Waals surface area (Å²) < 4.78 is 12.7. The van der Waals surface area contributed by atoms with Crippen molar-refractivity contribution in [2.45, 2.75) is 12.8 Å². The Morgan fingerprint density at radius 2 is 1.77 bits per heavy atom. The average molecular weight is 465 g/mol. The fourth-order valence-corrected chi connectivity index (χ4v) is 4.26. The van der Waals surface area contributed by atoms with E-state index in [0.717, 1.165) is 22.9 Å². The van der Waals surface area contributed by atoms with Crippen molar-refractivity contribution in [1.29, 1.82) is 0 Å². The van der Waals surface area contributed by atoms with Gasteiger partial charge in [-0.25, -0.2) is 9.97 Å². The predicted octanol–water partition coefficient (Wildman–Crippen LogP) is 5.66. The Kier molecular flexibility index (Phi) is 5.73. The lowest BCUT2D eigenvalue weighted by Gasteiger charge is -2.16. The zero-order chi connectivity index (χ0) is 21.4. The van der Waals surface area contributed by atoms with Gasteiger partial charge >= 0.3 is 0 Å². The van der Waals surface area contributed by atoms with Crippen molar-refractivity contribution < 1.29 is 14.3 Å². The number of carbonyl (C=O) groups is 1. The number of methoxy groups -OCH3 is 2. The average Bonchev–Trinajstić information content (AvgIpc) is 3.17. The topological polar surface area (TPSA) is 65.7 Å². The Morgan fingerprint density at radius 1 is 1.07 bits per heavy atom. The first-order valence-corrected chi connectivity index (χ1v) is 10.1. The molecule has 4 aromatic rings. The number of fused-ring (bicyclic) bond motifs is 3. The first-order valence-electron chi connectivity index (χ1n) is 8.98. The van der Waals surface area contributed by atoms with Crippen molar-refractivity contribution >= 4 is 57.6 Å². The van der Waals surface area contributed by atoms with Gasteiger partial charge in [0, 0.05) is 47.5 Å².